The number of rotatable bonds is 3. The lowest BCUT2D eigenvalue weighted by molar-refractivity contribution is 0.128. The molecule has 0 spiro atoms. The van der Waals surface area contributed by atoms with Crippen molar-refractivity contribution in [3.05, 3.63) is 29.3 Å². The van der Waals surface area contributed by atoms with Crippen molar-refractivity contribution in [1.82, 2.24) is 9.88 Å². The van der Waals surface area contributed by atoms with Crippen molar-refractivity contribution in [3.63, 3.8) is 0 Å². The van der Waals surface area contributed by atoms with Crippen LogP contribution in [0, 0.1) is 0 Å². The highest BCUT2D eigenvalue weighted by atomic mass is 32.2. The number of aromatic nitrogens is 1. The van der Waals surface area contributed by atoms with E-state index in [2.05, 4.69) is 35.6 Å². The summed E-state index contributed by atoms with van der Waals surface area (Å²) in [6, 6.07) is 3.66. The van der Waals surface area contributed by atoms with Gasteiger partial charge in [0.15, 0.2) is 0 Å². The van der Waals surface area contributed by atoms with Crippen molar-refractivity contribution < 1.29 is 13.0 Å². The predicted octanol–water partition coefficient (Wildman–Crippen LogP) is 1.86. The summed E-state index contributed by atoms with van der Waals surface area (Å²) >= 11 is 0. The number of hydrogen-bond acceptors (Lipinski definition) is 5. The van der Waals surface area contributed by atoms with Crippen LogP contribution in [-0.4, -0.2) is 54.6 Å². The molecule has 1 aromatic heterocycles. The molecule has 1 aromatic rings. The molecule has 0 radical (unpaired) electrons. The van der Waals surface area contributed by atoms with Crippen LogP contribution in [0.25, 0.3) is 6.08 Å². The molecule has 1 aliphatic rings. The number of hydrogen-bond donors (Lipinski definition) is 1. The summed E-state index contributed by atoms with van der Waals surface area (Å²) < 4.78 is 30.0. The van der Waals surface area contributed by atoms with Crippen LogP contribution in [-0.2, 0) is 10.1 Å². The fraction of sp³-hybridized carbons (Fsp3) is 0.533. The maximum Gasteiger partial charge on any atom is 0.287 e. The Bertz CT molecular complexity index is 625. The second kappa shape index (κ2) is 6.36. The highest BCUT2D eigenvalue weighted by Gasteiger charge is 2.26. The van der Waals surface area contributed by atoms with E-state index in [4.69, 9.17) is 4.55 Å². The van der Waals surface area contributed by atoms with Gasteiger partial charge in [0.25, 0.3) is 10.1 Å². The molecule has 1 saturated heterocycles. The van der Waals surface area contributed by atoms with Crippen molar-refractivity contribution in [2.75, 3.05) is 31.1 Å². The Balaban J connectivity index is 1.99. The molecule has 2 heterocycles. The van der Waals surface area contributed by atoms with Crippen LogP contribution in [0.3, 0.4) is 0 Å². The van der Waals surface area contributed by atoms with E-state index in [1.54, 1.807) is 12.3 Å². The van der Waals surface area contributed by atoms with Gasteiger partial charge in [0, 0.05) is 37.9 Å². The number of piperazine rings is 1. The zero-order chi connectivity index (χ0) is 16.4. The molecule has 0 amide bonds. The zero-order valence-electron chi connectivity index (χ0n) is 13.2. The first-order valence-electron chi connectivity index (χ1n) is 7.27. The SMILES string of the molecule is CC(C)(C)N1CCN(c2ccc(C=CS(=O)(=O)O)cn2)CC1. The molecule has 0 unspecified atom stereocenters. The molecule has 1 N–H and O–H groups in total. The van der Waals surface area contributed by atoms with Crippen LogP contribution in [0.1, 0.15) is 26.3 Å². The van der Waals surface area contributed by atoms with E-state index in [9.17, 15) is 8.42 Å². The first-order chi connectivity index (χ1) is 10.1. The Labute approximate surface area is 132 Å². The van der Waals surface area contributed by atoms with Gasteiger partial charge in [-0.15, -0.1) is 0 Å². The van der Waals surface area contributed by atoms with Gasteiger partial charge in [-0.3, -0.25) is 9.45 Å². The van der Waals surface area contributed by atoms with Crippen molar-refractivity contribution in [3.8, 4) is 0 Å². The second-order valence-electron chi connectivity index (χ2n) is 6.41. The van der Waals surface area contributed by atoms with E-state index in [0.29, 0.717) is 5.56 Å². The molecular weight excluding hydrogens is 302 g/mol. The molecule has 0 atom stereocenters. The van der Waals surface area contributed by atoms with Gasteiger partial charge in [-0.1, -0.05) is 0 Å². The molecule has 2 rings (SSSR count). The molecule has 0 bridgehead atoms. The molecule has 1 fully saturated rings. The minimum atomic E-state index is -4.10. The second-order valence-corrected chi connectivity index (χ2v) is 7.71. The van der Waals surface area contributed by atoms with Gasteiger partial charge >= 0.3 is 0 Å². The largest absolute Gasteiger partial charge is 0.354 e. The van der Waals surface area contributed by atoms with Gasteiger partial charge in [-0.05, 0) is 44.5 Å². The third-order valence-electron chi connectivity index (χ3n) is 3.76. The van der Waals surface area contributed by atoms with E-state index in [-0.39, 0.29) is 5.54 Å². The standard InChI is InChI=1S/C15H23N3O3S/c1-15(2,3)18-9-7-17(8-10-18)14-5-4-13(12-16-14)6-11-22(19,20)21/h4-6,11-12H,7-10H2,1-3H3,(H,19,20,21). The topological polar surface area (TPSA) is 73.7 Å². The minimum absolute atomic E-state index is 0.184. The normalized spacial score (nSPS) is 18.1. The zero-order valence-corrected chi connectivity index (χ0v) is 14.0. The highest BCUT2D eigenvalue weighted by molar-refractivity contribution is 7.88. The summed E-state index contributed by atoms with van der Waals surface area (Å²) in [5, 5.41) is 0.756. The Kier molecular flexibility index (Phi) is 4.89. The van der Waals surface area contributed by atoms with Crippen LogP contribution in [0.15, 0.2) is 23.7 Å². The lowest BCUT2D eigenvalue weighted by atomic mass is 10.1. The molecule has 7 heteroatoms. The third kappa shape index (κ3) is 4.79. The number of anilines is 1. The maximum atomic E-state index is 10.7. The Morgan fingerprint density at radius 3 is 2.27 bits per heavy atom. The fourth-order valence-electron chi connectivity index (χ4n) is 2.45. The summed E-state index contributed by atoms with van der Waals surface area (Å²) in [6.07, 6.45) is 2.93. The lowest BCUT2D eigenvalue weighted by Gasteiger charge is -2.42. The Hall–Kier alpha value is -1.44. The van der Waals surface area contributed by atoms with Crippen LogP contribution in [0.5, 0.6) is 0 Å². The van der Waals surface area contributed by atoms with Gasteiger partial charge in [-0.25, -0.2) is 4.98 Å². The quantitative estimate of drug-likeness (QED) is 0.855. The third-order valence-corrected chi connectivity index (χ3v) is 4.24. The molecule has 0 aromatic carbocycles. The van der Waals surface area contributed by atoms with Gasteiger partial charge in [0.05, 0.1) is 5.41 Å². The average Bonchev–Trinajstić information content (AvgIpc) is 2.44. The summed E-state index contributed by atoms with van der Waals surface area (Å²) in [6.45, 7) is 10.5. The van der Waals surface area contributed by atoms with Gasteiger partial charge in [0.1, 0.15) is 5.82 Å². The van der Waals surface area contributed by atoms with Gasteiger partial charge < -0.3 is 4.90 Å². The van der Waals surface area contributed by atoms with Gasteiger partial charge in [0.2, 0.25) is 0 Å². The van der Waals surface area contributed by atoms with Crippen LogP contribution in [0.4, 0.5) is 5.82 Å². The smallest absolute Gasteiger partial charge is 0.287 e. The summed E-state index contributed by atoms with van der Waals surface area (Å²) in [5.74, 6) is 0.887. The first kappa shape index (κ1) is 16.9. The van der Waals surface area contributed by atoms with E-state index < -0.39 is 10.1 Å². The van der Waals surface area contributed by atoms with Crippen molar-refractivity contribution in [2.24, 2.45) is 0 Å². The van der Waals surface area contributed by atoms with Gasteiger partial charge in [-0.2, -0.15) is 8.42 Å². The van der Waals surface area contributed by atoms with Crippen molar-refractivity contribution in [2.45, 2.75) is 26.3 Å². The molecule has 0 saturated carbocycles. The van der Waals surface area contributed by atoms with Crippen molar-refractivity contribution >= 4 is 22.0 Å². The highest BCUT2D eigenvalue weighted by Crippen LogP contribution is 2.19. The average molecular weight is 325 g/mol. The molecule has 122 valence electrons. The van der Waals surface area contributed by atoms with E-state index >= 15 is 0 Å². The first-order valence-corrected chi connectivity index (χ1v) is 8.77. The summed E-state index contributed by atoms with van der Waals surface area (Å²) in [5.41, 5.74) is 0.818. The van der Waals surface area contributed by atoms with E-state index in [0.717, 1.165) is 37.4 Å². The molecular formula is C15H23N3O3S. The van der Waals surface area contributed by atoms with Crippen LogP contribution in [0.2, 0.25) is 0 Å². The van der Waals surface area contributed by atoms with Crippen LogP contribution >= 0.6 is 0 Å². The number of nitrogens with zero attached hydrogens (tertiary/aromatic N) is 3. The summed E-state index contributed by atoms with van der Waals surface area (Å²) in [7, 11) is -4.10. The molecule has 1 aliphatic heterocycles. The Morgan fingerprint density at radius 2 is 1.82 bits per heavy atom. The Morgan fingerprint density at radius 1 is 1.18 bits per heavy atom. The predicted molar refractivity (Wildman–Crippen MR) is 88.4 cm³/mol. The minimum Gasteiger partial charge on any atom is -0.354 e. The monoisotopic (exact) mass is 325 g/mol. The number of pyridine rings is 1. The molecule has 22 heavy (non-hydrogen) atoms. The van der Waals surface area contributed by atoms with Crippen LogP contribution < -0.4 is 4.90 Å². The maximum absolute atomic E-state index is 10.7. The fourth-order valence-corrected chi connectivity index (χ4v) is 2.78. The van der Waals surface area contributed by atoms with E-state index in [1.165, 1.54) is 6.08 Å². The molecule has 6 nitrogen and oxygen atoms in total. The van der Waals surface area contributed by atoms with Crippen molar-refractivity contribution in [1.29, 1.82) is 0 Å². The lowest BCUT2D eigenvalue weighted by Crippen LogP contribution is -2.53. The summed E-state index contributed by atoms with van der Waals surface area (Å²) in [4.78, 5) is 9.04. The van der Waals surface area contributed by atoms with E-state index in [1.807, 2.05) is 6.07 Å². The molecule has 0 aliphatic carbocycles.